The summed E-state index contributed by atoms with van der Waals surface area (Å²) in [7, 11) is 17.1. The Morgan fingerprint density at radius 2 is 2.05 bits per heavy atom. The number of piperazine rings is 1. The number of carbonyl (C=O) groups is 3. The Morgan fingerprint density at radius 1 is 1.25 bits per heavy atom. The van der Waals surface area contributed by atoms with E-state index in [1.807, 2.05) is 6.07 Å². The lowest BCUT2D eigenvalue weighted by Gasteiger charge is -2.43. The first-order valence-corrected chi connectivity index (χ1v) is 12.7. The highest BCUT2D eigenvalue weighted by Gasteiger charge is 2.31. The minimum atomic E-state index is -1.60. The summed E-state index contributed by atoms with van der Waals surface area (Å²) in [6.07, 6.45) is 9.05. The Labute approximate surface area is 236 Å². The molecule has 14 heteroatoms. The number of aldehydes is 1. The van der Waals surface area contributed by atoms with Gasteiger partial charge in [0.15, 0.2) is 6.29 Å². The average Bonchev–Trinajstić information content (AvgIpc) is 2.93. The topological polar surface area (TPSA) is 135 Å². The minimum Gasteiger partial charge on any atom is -0.383 e. The predicted molar refractivity (Wildman–Crippen MR) is 152 cm³/mol. The number of terminal acetylenes is 1. The van der Waals surface area contributed by atoms with Crippen molar-refractivity contribution in [2.24, 2.45) is 0 Å². The molecule has 2 aliphatic heterocycles. The quantitative estimate of drug-likeness (QED) is 0.216. The molecule has 40 heavy (non-hydrogen) atoms. The highest BCUT2D eigenvalue weighted by molar-refractivity contribution is 6.59. The van der Waals surface area contributed by atoms with Gasteiger partial charge >= 0.3 is 6.03 Å². The fraction of sp³-hybridized carbons (Fsp3) is 0.385. The Kier molecular flexibility index (Phi) is 8.81. The molecule has 2 aliphatic rings. The van der Waals surface area contributed by atoms with Crippen LogP contribution in [0.2, 0.25) is 0 Å². The number of rotatable bonds is 8. The molecule has 2 aromatic rings. The number of hydrogen-bond donors (Lipinski definition) is 2. The summed E-state index contributed by atoms with van der Waals surface area (Å²) < 4.78 is 0. The van der Waals surface area contributed by atoms with Gasteiger partial charge in [-0.3, -0.25) is 19.8 Å². The Hall–Kier alpha value is -4.29. The lowest BCUT2D eigenvalue weighted by molar-refractivity contribution is -0.136. The summed E-state index contributed by atoms with van der Waals surface area (Å²) in [6.45, 7) is 1.67. The van der Waals surface area contributed by atoms with Gasteiger partial charge in [-0.25, -0.2) is 14.8 Å². The Balaban J connectivity index is 1.51. The van der Waals surface area contributed by atoms with Crippen LogP contribution in [0, 0.1) is 23.7 Å². The number of hydrogen-bond acceptors (Lipinski definition) is 8. The van der Waals surface area contributed by atoms with Crippen LogP contribution in [-0.4, -0.2) is 99.5 Å². The standard InChI is InChI=1S/C26H25B3N8O3/c1-2-3-6-31-20-11-22(32-13-19(20)12-30)34-25(40)37-7-4-5-17-10-18(21(16-38)33-24(17)37)14-35-8-9-36(15-23(35)39)26(27,28)29/h1,10-11,13,16H,3-9,14-15H2,(H2,31,32,34,40). The van der Waals surface area contributed by atoms with Gasteiger partial charge in [-0.05, 0) is 24.5 Å². The molecule has 2 N–H and O–H groups in total. The normalized spacial score (nSPS) is 15.5. The van der Waals surface area contributed by atoms with E-state index in [2.05, 4.69) is 32.6 Å². The minimum absolute atomic E-state index is 0.0449. The molecule has 196 valence electrons. The highest BCUT2D eigenvalue weighted by Crippen LogP contribution is 2.29. The van der Waals surface area contributed by atoms with Crippen molar-refractivity contribution >= 4 is 59.1 Å². The first-order valence-electron chi connectivity index (χ1n) is 12.7. The monoisotopic (exact) mass is 530 g/mol. The third-order valence-electron chi connectivity index (χ3n) is 6.70. The molecular weight excluding hydrogens is 505 g/mol. The molecule has 3 amide bonds. The number of anilines is 3. The third-order valence-corrected chi connectivity index (χ3v) is 6.70. The van der Waals surface area contributed by atoms with Crippen LogP contribution in [0.4, 0.5) is 22.1 Å². The molecular formula is C26H25B3N8O3. The first kappa shape index (κ1) is 28.7. The number of aromatic nitrogens is 2. The van der Waals surface area contributed by atoms with Crippen LogP contribution in [0.15, 0.2) is 18.3 Å². The number of fused-ring (bicyclic) bond motifs is 1. The number of amides is 3. The van der Waals surface area contributed by atoms with Crippen LogP contribution in [-0.2, 0) is 17.8 Å². The van der Waals surface area contributed by atoms with E-state index in [4.69, 9.17) is 30.0 Å². The second-order valence-electron chi connectivity index (χ2n) is 9.55. The lowest BCUT2D eigenvalue weighted by Crippen LogP contribution is -2.60. The summed E-state index contributed by atoms with van der Waals surface area (Å²) in [4.78, 5) is 51.2. The van der Waals surface area contributed by atoms with Crippen molar-refractivity contribution < 1.29 is 14.4 Å². The molecule has 0 bridgehead atoms. The molecule has 0 spiro atoms. The first-order chi connectivity index (χ1) is 19.1. The van der Waals surface area contributed by atoms with Gasteiger partial charge in [-0.15, -0.1) is 12.3 Å². The van der Waals surface area contributed by atoms with Crippen LogP contribution in [0.1, 0.15) is 40.0 Å². The zero-order valence-corrected chi connectivity index (χ0v) is 21.9. The van der Waals surface area contributed by atoms with E-state index >= 15 is 0 Å². The average molecular weight is 530 g/mol. The zero-order chi connectivity index (χ0) is 28.9. The van der Waals surface area contributed by atoms with Crippen molar-refractivity contribution in [2.75, 3.05) is 48.3 Å². The maximum absolute atomic E-state index is 13.3. The van der Waals surface area contributed by atoms with E-state index in [9.17, 15) is 19.6 Å². The number of pyridine rings is 2. The molecule has 1 fully saturated rings. The number of nitrogens with zero attached hydrogens (tertiary/aromatic N) is 6. The van der Waals surface area contributed by atoms with E-state index in [-0.39, 0.29) is 30.5 Å². The second kappa shape index (κ2) is 12.3. The van der Waals surface area contributed by atoms with Gasteiger partial charge in [0.2, 0.25) is 5.91 Å². The predicted octanol–water partition coefficient (Wildman–Crippen LogP) is 0.342. The molecule has 4 rings (SSSR count). The summed E-state index contributed by atoms with van der Waals surface area (Å²) in [5.41, 5.74) is 2.31. The number of nitriles is 1. The molecule has 6 radical (unpaired) electrons. The SMILES string of the molecule is [B]C([B])([B])N1CCN(Cc2cc3c(nc2C=O)N(C(=O)Nc2cc(NCCC#C)c(C#N)cn2)CCC3)C(=O)C1. The van der Waals surface area contributed by atoms with Gasteiger partial charge in [-0.2, -0.15) is 5.26 Å². The van der Waals surface area contributed by atoms with E-state index in [0.29, 0.717) is 74.4 Å². The van der Waals surface area contributed by atoms with Crippen LogP contribution >= 0.6 is 0 Å². The molecule has 0 atom stereocenters. The molecule has 0 aliphatic carbocycles. The van der Waals surface area contributed by atoms with Gasteiger partial charge in [-0.1, -0.05) is 5.24 Å². The second-order valence-corrected chi connectivity index (χ2v) is 9.55. The summed E-state index contributed by atoms with van der Waals surface area (Å²) in [6, 6.07) is 4.95. The molecule has 1 saturated heterocycles. The van der Waals surface area contributed by atoms with E-state index in [1.165, 1.54) is 16.0 Å². The van der Waals surface area contributed by atoms with Gasteiger partial charge in [0, 0.05) is 57.0 Å². The fourth-order valence-electron chi connectivity index (χ4n) is 4.60. The smallest absolute Gasteiger partial charge is 0.328 e. The maximum Gasteiger partial charge on any atom is 0.328 e. The highest BCUT2D eigenvalue weighted by atomic mass is 16.2. The van der Waals surface area contributed by atoms with Crippen molar-refractivity contribution in [3.8, 4) is 18.4 Å². The number of carbonyl (C=O) groups excluding carboxylic acids is 3. The van der Waals surface area contributed by atoms with Crippen LogP contribution in [0.3, 0.4) is 0 Å². The van der Waals surface area contributed by atoms with Crippen molar-refractivity contribution in [3.05, 3.63) is 40.7 Å². The number of nitrogens with one attached hydrogen (secondary N) is 2. The molecule has 11 nitrogen and oxygen atoms in total. The summed E-state index contributed by atoms with van der Waals surface area (Å²) in [5, 5.41) is 13.6. The zero-order valence-electron chi connectivity index (χ0n) is 21.9. The molecule has 0 aromatic carbocycles. The van der Waals surface area contributed by atoms with E-state index < -0.39 is 11.3 Å². The van der Waals surface area contributed by atoms with Crippen molar-refractivity contribution in [2.45, 2.75) is 31.0 Å². The summed E-state index contributed by atoms with van der Waals surface area (Å²) in [5.74, 6) is 2.89. The van der Waals surface area contributed by atoms with Gasteiger partial charge in [0.05, 0.1) is 41.3 Å². The fourth-order valence-corrected chi connectivity index (χ4v) is 4.60. The van der Waals surface area contributed by atoms with Gasteiger partial charge in [0.25, 0.3) is 0 Å². The van der Waals surface area contributed by atoms with Crippen molar-refractivity contribution in [1.29, 1.82) is 5.26 Å². The molecule has 0 saturated carbocycles. The van der Waals surface area contributed by atoms with Crippen LogP contribution < -0.4 is 15.5 Å². The molecule has 0 unspecified atom stereocenters. The van der Waals surface area contributed by atoms with Gasteiger partial charge in [0.1, 0.15) is 23.4 Å². The van der Waals surface area contributed by atoms with Crippen molar-refractivity contribution in [1.82, 2.24) is 19.8 Å². The molecule has 2 aromatic heterocycles. The lowest BCUT2D eigenvalue weighted by atomic mass is 9.48. The van der Waals surface area contributed by atoms with Crippen LogP contribution in [0.25, 0.3) is 0 Å². The Morgan fingerprint density at radius 3 is 2.73 bits per heavy atom. The maximum atomic E-state index is 13.3. The number of urea groups is 1. The third kappa shape index (κ3) is 6.46. The number of aryl methyl sites for hydroxylation is 1. The van der Waals surface area contributed by atoms with E-state index in [1.54, 1.807) is 11.0 Å². The van der Waals surface area contributed by atoms with Gasteiger partial charge < -0.3 is 15.1 Å². The van der Waals surface area contributed by atoms with Crippen LogP contribution in [0.5, 0.6) is 0 Å². The van der Waals surface area contributed by atoms with Crippen molar-refractivity contribution in [3.63, 3.8) is 0 Å². The summed E-state index contributed by atoms with van der Waals surface area (Å²) >= 11 is 0. The van der Waals surface area contributed by atoms with E-state index in [0.717, 1.165) is 5.56 Å². The molecule has 4 heterocycles. The largest absolute Gasteiger partial charge is 0.383 e. The Bertz CT molecular complexity index is 1400.